The molecule has 4 nitrogen and oxygen atoms in total. The topological polar surface area (TPSA) is 35.6 Å². The number of likely N-dealkylation sites (N-methyl/N-ethyl adjacent to an activating group) is 1. The van der Waals surface area contributed by atoms with Gasteiger partial charge in [0, 0.05) is 19.1 Å². The van der Waals surface area contributed by atoms with Crippen LogP contribution in [0, 0.1) is 0 Å². The van der Waals surface area contributed by atoms with Gasteiger partial charge in [-0.25, -0.2) is 0 Å². The molecule has 2 rings (SSSR count). The van der Waals surface area contributed by atoms with Crippen LogP contribution < -0.4 is 5.32 Å². The normalized spacial score (nSPS) is 18.3. The summed E-state index contributed by atoms with van der Waals surface area (Å²) in [5.74, 6) is 0.218. The molecule has 1 aliphatic heterocycles. The van der Waals surface area contributed by atoms with Gasteiger partial charge in [-0.1, -0.05) is 30.3 Å². The van der Waals surface area contributed by atoms with E-state index in [-0.39, 0.29) is 11.9 Å². The molecule has 1 aromatic rings. The molecule has 0 saturated carbocycles. The predicted molar refractivity (Wildman–Crippen MR) is 81.5 cm³/mol. The second-order valence-electron chi connectivity index (χ2n) is 5.67. The van der Waals surface area contributed by atoms with E-state index in [1.165, 1.54) is 0 Å². The minimum absolute atomic E-state index is 0.178. The van der Waals surface area contributed by atoms with Crippen LogP contribution in [0.5, 0.6) is 0 Å². The number of hydrogen-bond donors (Lipinski definition) is 1. The summed E-state index contributed by atoms with van der Waals surface area (Å²) in [6, 6.07) is 10.4. The molecule has 1 fully saturated rings. The van der Waals surface area contributed by atoms with Crippen molar-refractivity contribution in [1.82, 2.24) is 15.1 Å². The van der Waals surface area contributed by atoms with Crippen molar-refractivity contribution in [2.75, 3.05) is 34.2 Å². The molecular weight excluding hydrogens is 250 g/mol. The first-order chi connectivity index (χ1) is 9.63. The van der Waals surface area contributed by atoms with Gasteiger partial charge in [-0.3, -0.25) is 9.69 Å². The van der Waals surface area contributed by atoms with E-state index in [2.05, 4.69) is 5.32 Å². The van der Waals surface area contributed by atoms with E-state index in [0.29, 0.717) is 6.04 Å². The Morgan fingerprint density at radius 2 is 1.85 bits per heavy atom. The number of likely N-dealkylation sites (tertiary alicyclic amines) is 1. The number of carbonyl (C=O) groups excluding carboxylic acids is 1. The number of carbonyl (C=O) groups is 1. The van der Waals surface area contributed by atoms with Gasteiger partial charge in [0.25, 0.3) is 0 Å². The quantitative estimate of drug-likeness (QED) is 0.904. The number of nitrogens with zero attached hydrogens (tertiary/aromatic N) is 2. The smallest absolute Gasteiger partial charge is 0.244 e. The summed E-state index contributed by atoms with van der Waals surface area (Å²) >= 11 is 0. The molecule has 4 heteroatoms. The van der Waals surface area contributed by atoms with Crippen LogP contribution in [0.1, 0.15) is 24.4 Å². The maximum Gasteiger partial charge on any atom is 0.244 e. The van der Waals surface area contributed by atoms with E-state index in [0.717, 1.165) is 31.5 Å². The third kappa shape index (κ3) is 3.38. The van der Waals surface area contributed by atoms with Crippen LogP contribution in [0.2, 0.25) is 0 Å². The van der Waals surface area contributed by atoms with E-state index >= 15 is 0 Å². The summed E-state index contributed by atoms with van der Waals surface area (Å²) in [7, 11) is 5.93. The summed E-state index contributed by atoms with van der Waals surface area (Å²) in [6.45, 7) is 1.70. The van der Waals surface area contributed by atoms with Crippen LogP contribution in [0.25, 0.3) is 0 Å². The Labute approximate surface area is 121 Å². The van der Waals surface area contributed by atoms with Gasteiger partial charge in [-0.2, -0.15) is 0 Å². The van der Waals surface area contributed by atoms with Gasteiger partial charge < -0.3 is 10.2 Å². The van der Waals surface area contributed by atoms with E-state index in [1.54, 1.807) is 0 Å². The average molecular weight is 275 g/mol. The summed E-state index contributed by atoms with van der Waals surface area (Å²) in [4.78, 5) is 16.8. The molecule has 1 heterocycles. The fourth-order valence-corrected chi connectivity index (χ4v) is 2.86. The first-order valence-electron chi connectivity index (χ1n) is 7.31. The molecule has 1 unspecified atom stereocenters. The van der Waals surface area contributed by atoms with Crippen LogP contribution in [0.15, 0.2) is 30.3 Å². The number of benzene rings is 1. The van der Waals surface area contributed by atoms with Crippen LogP contribution in [0.3, 0.4) is 0 Å². The van der Waals surface area contributed by atoms with Crippen molar-refractivity contribution in [2.45, 2.75) is 24.9 Å². The molecular formula is C16H25N3O. The van der Waals surface area contributed by atoms with Gasteiger partial charge in [0.15, 0.2) is 0 Å². The fraction of sp³-hybridized carbons (Fsp3) is 0.562. The van der Waals surface area contributed by atoms with Crippen molar-refractivity contribution in [1.29, 1.82) is 0 Å². The molecule has 0 aliphatic carbocycles. The Morgan fingerprint density at radius 1 is 1.25 bits per heavy atom. The van der Waals surface area contributed by atoms with Crippen molar-refractivity contribution in [3.8, 4) is 0 Å². The lowest BCUT2D eigenvalue weighted by atomic mass is 10.0. The Hall–Kier alpha value is -1.39. The molecule has 110 valence electrons. The van der Waals surface area contributed by atoms with Crippen LogP contribution in [0.4, 0.5) is 0 Å². The van der Waals surface area contributed by atoms with Crippen molar-refractivity contribution in [3.05, 3.63) is 35.9 Å². The zero-order valence-electron chi connectivity index (χ0n) is 12.7. The lowest BCUT2D eigenvalue weighted by Gasteiger charge is -2.36. The predicted octanol–water partition coefficient (Wildman–Crippen LogP) is 1.50. The van der Waals surface area contributed by atoms with E-state index < -0.39 is 0 Å². The van der Waals surface area contributed by atoms with Crippen LogP contribution >= 0.6 is 0 Å². The van der Waals surface area contributed by atoms with Crippen molar-refractivity contribution < 1.29 is 4.79 Å². The van der Waals surface area contributed by atoms with Crippen molar-refractivity contribution >= 4 is 5.91 Å². The molecule has 1 N–H and O–H groups in total. The van der Waals surface area contributed by atoms with E-state index in [4.69, 9.17) is 0 Å². The number of nitrogens with one attached hydrogen (secondary N) is 1. The first-order valence-corrected chi connectivity index (χ1v) is 7.31. The van der Waals surface area contributed by atoms with Gasteiger partial charge in [0.05, 0.1) is 0 Å². The summed E-state index contributed by atoms with van der Waals surface area (Å²) in [6.07, 6.45) is 2.08. The van der Waals surface area contributed by atoms with Crippen molar-refractivity contribution in [2.24, 2.45) is 0 Å². The number of rotatable bonds is 4. The molecule has 0 spiro atoms. The third-order valence-corrected chi connectivity index (χ3v) is 4.08. The molecule has 0 radical (unpaired) electrons. The van der Waals surface area contributed by atoms with E-state index in [9.17, 15) is 4.79 Å². The lowest BCUT2D eigenvalue weighted by molar-refractivity contribution is -0.137. The molecule has 20 heavy (non-hydrogen) atoms. The van der Waals surface area contributed by atoms with Gasteiger partial charge >= 0.3 is 0 Å². The minimum Gasteiger partial charge on any atom is -0.341 e. The lowest BCUT2D eigenvalue weighted by Crippen LogP contribution is -2.47. The van der Waals surface area contributed by atoms with Gasteiger partial charge in [-0.15, -0.1) is 0 Å². The number of piperidine rings is 1. The first kappa shape index (κ1) is 15.0. The molecule has 1 aliphatic rings. The van der Waals surface area contributed by atoms with Gasteiger partial charge in [-0.05, 0) is 39.5 Å². The number of amides is 1. The van der Waals surface area contributed by atoms with Gasteiger partial charge in [0.1, 0.15) is 6.04 Å². The summed E-state index contributed by atoms with van der Waals surface area (Å²) in [5, 5.41) is 3.30. The molecule has 1 atom stereocenters. The van der Waals surface area contributed by atoms with Crippen molar-refractivity contribution in [3.63, 3.8) is 0 Å². The zero-order valence-corrected chi connectivity index (χ0v) is 12.7. The molecule has 1 aromatic carbocycles. The fourth-order valence-electron chi connectivity index (χ4n) is 2.86. The molecule has 0 aromatic heterocycles. The van der Waals surface area contributed by atoms with E-state index in [1.807, 2.05) is 61.3 Å². The minimum atomic E-state index is -0.178. The maximum atomic E-state index is 12.8. The number of hydrogen-bond acceptors (Lipinski definition) is 3. The SMILES string of the molecule is CNC1CCN(C(=O)C(c2ccccc2)N(C)C)CC1. The highest BCUT2D eigenvalue weighted by molar-refractivity contribution is 5.83. The average Bonchev–Trinajstić information content (AvgIpc) is 2.48. The zero-order chi connectivity index (χ0) is 14.5. The Kier molecular flexibility index (Phi) is 5.15. The molecule has 1 saturated heterocycles. The maximum absolute atomic E-state index is 12.8. The largest absolute Gasteiger partial charge is 0.341 e. The van der Waals surface area contributed by atoms with Crippen LogP contribution in [-0.4, -0.2) is 56.0 Å². The second-order valence-corrected chi connectivity index (χ2v) is 5.67. The molecule has 1 amide bonds. The summed E-state index contributed by atoms with van der Waals surface area (Å²) < 4.78 is 0. The highest BCUT2D eigenvalue weighted by Crippen LogP contribution is 2.22. The Balaban J connectivity index is 2.09. The highest BCUT2D eigenvalue weighted by Gasteiger charge is 2.30. The van der Waals surface area contributed by atoms with Crippen LogP contribution in [-0.2, 0) is 4.79 Å². The molecule has 0 bridgehead atoms. The Bertz CT molecular complexity index is 425. The monoisotopic (exact) mass is 275 g/mol. The third-order valence-electron chi connectivity index (χ3n) is 4.08. The Morgan fingerprint density at radius 3 is 2.35 bits per heavy atom. The second kappa shape index (κ2) is 6.86. The van der Waals surface area contributed by atoms with Gasteiger partial charge in [0.2, 0.25) is 5.91 Å². The summed E-state index contributed by atoms with van der Waals surface area (Å²) in [5.41, 5.74) is 1.07. The highest BCUT2D eigenvalue weighted by atomic mass is 16.2. The standard InChI is InChI=1S/C16H25N3O/c1-17-14-9-11-19(12-10-14)16(20)15(18(2)3)13-7-5-4-6-8-13/h4-8,14-15,17H,9-12H2,1-3H3.